The summed E-state index contributed by atoms with van der Waals surface area (Å²) in [6.07, 6.45) is 4.50. The first-order chi connectivity index (χ1) is 11.1. The number of hydrogen-bond acceptors (Lipinski definition) is 4. The first kappa shape index (κ1) is 15.8. The standard InChI is InChI=1S/C17H16BrN3O2/c18-14-3-1-2-13-15(11(8-19)9-20-16(13)14)21-12-6-4-10(5-7-12)17(22)23/h1-3,9-10,12H,4-7H2,(H,20,21)(H,22,23). The summed E-state index contributed by atoms with van der Waals surface area (Å²) >= 11 is 3.49. The molecule has 6 heteroatoms. The van der Waals surface area contributed by atoms with Crippen molar-refractivity contribution >= 4 is 38.5 Å². The van der Waals surface area contributed by atoms with Gasteiger partial charge < -0.3 is 10.4 Å². The zero-order valence-corrected chi connectivity index (χ0v) is 14.0. The minimum Gasteiger partial charge on any atom is -0.481 e. The minimum absolute atomic E-state index is 0.183. The van der Waals surface area contributed by atoms with Crippen molar-refractivity contribution in [1.82, 2.24) is 4.98 Å². The first-order valence-corrected chi connectivity index (χ1v) is 8.36. The molecule has 1 saturated carbocycles. The molecular formula is C17H16BrN3O2. The van der Waals surface area contributed by atoms with Crippen LogP contribution < -0.4 is 5.32 Å². The Balaban J connectivity index is 1.89. The molecule has 0 saturated heterocycles. The maximum atomic E-state index is 11.1. The van der Waals surface area contributed by atoms with Gasteiger partial charge in [-0.15, -0.1) is 0 Å². The van der Waals surface area contributed by atoms with Gasteiger partial charge in [0.15, 0.2) is 0 Å². The molecule has 23 heavy (non-hydrogen) atoms. The number of halogens is 1. The van der Waals surface area contributed by atoms with Gasteiger partial charge >= 0.3 is 5.97 Å². The average molecular weight is 374 g/mol. The monoisotopic (exact) mass is 373 g/mol. The predicted molar refractivity (Wildman–Crippen MR) is 91.2 cm³/mol. The summed E-state index contributed by atoms with van der Waals surface area (Å²) in [5.41, 5.74) is 2.11. The van der Waals surface area contributed by atoms with Crippen molar-refractivity contribution in [1.29, 1.82) is 5.26 Å². The fraction of sp³-hybridized carbons (Fsp3) is 0.353. The summed E-state index contributed by atoms with van der Waals surface area (Å²) < 4.78 is 0.886. The van der Waals surface area contributed by atoms with E-state index < -0.39 is 5.97 Å². The second-order valence-electron chi connectivity index (χ2n) is 5.83. The lowest BCUT2D eigenvalue weighted by Crippen LogP contribution is -2.29. The predicted octanol–water partition coefficient (Wildman–Crippen LogP) is 3.92. The largest absolute Gasteiger partial charge is 0.481 e. The lowest BCUT2D eigenvalue weighted by Gasteiger charge is -2.28. The number of carboxylic acids is 1. The fourth-order valence-electron chi connectivity index (χ4n) is 3.12. The minimum atomic E-state index is -0.709. The Bertz CT molecular complexity index is 792. The van der Waals surface area contributed by atoms with Gasteiger partial charge in [-0.05, 0) is 47.7 Å². The zero-order valence-electron chi connectivity index (χ0n) is 12.4. The number of carbonyl (C=O) groups is 1. The second-order valence-corrected chi connectivity index (χ2v) is 6.68. The molecule has 0 unspecified atom stereocenters. The van der Waals surface area contributed by atoms with Crippen LogP contribution in [-0.2, 0) is 4.79 Å². The van der Waals surface area contributed by atoms with E-state index in [1.165, 1.54) is 0 Å². The highest BCUT2D eigenvalue weighted by molar-refractivity contribution is 9.10. The summed E-state index contributed by atoms with van der Waals surface area (Å²) in [6, 6.07) is 8.15. The van der Waals surface area contributed by atoms with Crippen LogP contribution in [0.2, 0.25) is 0 Å². The summed E-state index contributed by atoms with van der Waals surface area (Å²) in [6.45, 7) is 0. The SMILES string of the molecule is N#Cc1cnc2c(Br)cccc2c1NC1CCC(C(=O)O)CC1. The number of carboxylic acid groups (broad SMARTS) is 1. The van der Waals surface area contributed by atoms with Crippen LogP contribution in [0.4, 0.5) is 5.69 Å². The molecule has 2 aromatic rings. The van der Waals surface area contributed by atoms with Crippen molar-refractivity contribution in [2.75, 3.05) is 5.32 Å². The van der Waals surface area contributed by atoms with Gasteiger partial charge in [-0.2, -0.15) is 5.26 Å². The molecule has 5 nitrogen and oxygen atoms in total. The van der Waals surface area contributed by atoms with Crippen LogP contribution in [0.1, 0.15) is 31.2 Å². The molecule has 0 spiro atoms. The summed E-state index contributed by atoms with van der Waals surface area (Å²) in [7, 11) is 0. The number of rotatable bonds is 3. The van der Waals surface area contributed by atoms with Crippen LogP contribution >= 0.6 is 15.9 Å². The number of fused-ring (bicyclic) bond motifs is 1. The van der Waals surface area contributed by atoms with E-state index >= 15 is 0 Å². The summed E-state index contributed by atoms with van der Waals surface area (Å²) in [5, 5.41) is 22.8. The van der Waals surface area contributed by atoms with Crippen molar-refractivity contribution in [3.05, 3.63) is 34.4 Å². The average Bonchev–Trinajstić information content (AvgIpc) is 2.56. The lowest BCUT2D eigenvalue weighted by atomic mass is 9.86. The van der Waals surface area contributed by atoms with Crippen molar-refractivity contribution in [3.8, 4) is 6.07 Å². The van der Waals surface area contributed by atoms with Crippen molar-refractivity contribution < 1.29 is 9.90 Å². The number of benzene rings is 1. The lowest BCUT2D eigenvalue weighted by molar-refractivity contribution is -0.142. The van der Waals surface area contributed by atoms with E-state index in [1.54, 1.807) is 6.20 Å². The van der Waals surface area contributed by atoms with Crippen LogP contribution in [0.3, 0.4) is 0 Å². The van der Waals surface area contributed by atoms with Crippen molar-refractivity contribution in [2.45, 2.75) is 31.7 Å². The molecular weight excluding hydrogens is 358 g/mol. The number of pyridine rings is 1. The number of anilines is 1. The quantitative estimate of drug-likeness (QED) is 0.850. The Morgan fingerprint density at radius 3 is 2.74 bits per heavy atom. The Kier molecular flexibility index (Phi) is 4.49. The number of para-hydroxylation sites is 1. The molecule has 0 radical (unpaired) electrons. The molecule has 118 valence electrons. The highest BCUT2D eigenvalue weighted by atomic mass is 79.9. The van der Waals surface area contributed by atoms with Gasteiger partial charge in [0.25, 0.3) is 0 Å². The fourth-order valence-corrected chi connectivity index (χ4v) is 3.58. The third-order valence-corrected chi connectivity index (χ3v) is 5.03. The molecule has 0 bridgehead atoms. The number of aliphatic carboxylic acids is 1. The third kappa shape index (κ3) is 3.15. The van der Waals surface area contributed by atoms with Crippen molar-refractivity contribution in [3.63, 3.8) is 0 Å². The van der Waals surface area contributed by atoms with E-state index in [9.17, 15) is 10.1 Å². The number of hydrogen-bond donors (Lipinski definition) is 2. The van der Waals surface area contributed by atoms with Crippen LogP contribution in [0, 0.1) is 17.2 Å². The molecule has 1 aliphatic carbocycles. The van der Waals surface area contributed by atoms with Crippen LogP contribution in [0.25, 0.3) is 10.9 Å². The van der Waals surface area contributed by atoms with Crippen LogP contribution in [-0.4, -0.2) is 22.1 Å². The van der Waals surface area contributed by atoms with Gasteiger partial charge in [-0.1, -0.05) is 12.1 Å². The maximum absolute atomic E-state index is 11.1. The Labute approximate surface area is 142 Å². The maximum Gasteiger partial charge on any atom is 0.306 e. The van der Waals surface area contributed by atoms with Crippen LogP contribution in [0.5, 0.6) is 0 Å². The van der Waals surface area contributed by atoms with E-state index in [0.717, 1.165) is 33.9 Å². The first-order valence-electron chi connectivity index (χ1n) is 7.57. The Morgan fingerprint density at radius 1 is 1.35 bits per heavy atom. The third-order valence-electron chi connectivity index (χ3n) is 4.39. The van der Waals surface area contributed by atoms with Crippen LogP contribution in [0.15, 0.2) is 28.9 Å². The molecule has 1 fully saturated rings. The highest BCUT2D eigenvalue weighted by Crippen LogP contribution is 2.33. The molecule has 1 aromatic carbocycles. The van der Waals surface area contributed by atoms with E-state index in [1.807, 2.05) is 18.2 Å². The highest BCUT2D eigenvalue weighted by Gasteiger charge is 2.26. The van der Waals surface area contributed by atoms with E-state index in [-0.39, 0.29) is 12.0 Å². The molecule has 0 aliphatic heterocycles. The van der Waals surface area contributed by atoms with Gasteiger partial charge in [0.05, 0.1) is 22.7 Å². The number of nitrogens with one attached hydrogen (secondary N) is 1. The van der Waals surface area contributed by atoms with E-state index in [2.05, 4.69) is 32.3 Å². The second kappa shape index (κ2) is 6.55. The number of nitrogens with zero attached hydrogens (tertiary/aromatic N) is 2. The normalized spacial score (nSPS) is 20.9. The number of aromatic nitrogens is 1. The summed E-state index contributed by atoms with van der Waals surface area (Å²) in [4.78, 5) is 15.4. The molecule has 1 aliphatic rings. The number of nitriles is 1. The van der Waals surface area contributed by atoms with E-state index in [0.29, 0.717) is 18.4 Å². The Morgan fingerprint density at radius 2 is 2.09 bits per heavy atom. The molecule has 1 aromatic heterocycles. The van der Waals surface area contributed by atoms with Gasteiger partial charge in [0.2, 0.25) is 0 Å². The van der Waals surface area contributed by atoms with Gasteiger partial charge in [-0.25, -0.2) is 0 Å². The summed E-state index contributed by atoms with van der Waals surface area (Å²) in [5.74, 6) is -0.953. The topological polar surface area (TPSA) is 86.0 Å². The molecule has 0 atom stereocenters. The molecule has 3 rings (SSSR count). The van der Waals surface area contributed by atoms with Crippen molar-refractivity contribution in [2.24, 2.45) is 5.92 Å². The molecule has 0 amide bonds. The molecule has 1 heterocycles. The zero-order chi connectivity index (χ0) is 16.4. The van der Waals surface area contributed by atoms with E-state index in [4.69, 9.17) is 5.11 Å². The van der Waals surface area contributed by atoms with Gasteiger partial charge in [0.1, 0.15) is 6.07 Å². The Hall–Kier alpha value is -2.13. The van der Waals surface area contributed by atoms with Gasteiger partial charge in [-0.3, -0.25) is 9.78 Å². The smallest absolute Gasteiger partial charge is 0.306 e. The van der Waals surface area contributed by atoms with Gasteiger partial charge in [0, 0.05) is 22.1 Å². The molecule has 2 N–H and O–H groups in total.